The van der Waals surface area contributed by atoms with Crippen molar-refractivity contribution in [2.24, 2.45) is 0 Å². The molecular weight excluding hydrogens is 164 g/mol. The molecule has 2 heteroatoms. The molecule has 0 aliphatic heterocycles. The molecule has 0 aliphatic rings. The molecule has 0 bridgehead atoms. The minimum Gasteiger partial charge on any atom is -0.493 e. The van der Waals surface area contributed by atoms with E-state index >= 15 is 0 Å². The summed E-state index contributed by atoms with van der Waals surface area (Å²) < 4.78 is 5.47. The Morgan fingerprint density at radius 2 is 2.23 bits per heavy atom. The minimum absolute atomic E-state index is 0.698. The molecule has 1 aromatic rings. The van der Waals surface area contributed by atoms with Crippen molar-refractivity contribution in [3.8, 4) is 5.75 Å². The molecular formula is C11H14O2. The molecule has 13 heavy (non-hydrogen) atoms. The monoisotopic (exact) mass is 178 g/mol. The van der Waals surface area contributed by atoms with Crippen LogP contribution >= 0.6 is 0 Å². The number of aldehydes is 1. The number of hydrogen-bond donors (Lipinski definition) is 0. The zero-order chi connectivity index (χ0) is 9.68. The van der Waals surface area contributed by atoms with E-state index in [1.807, 2.05) is 19.1 Å². The third kappa shape index (κ3) is 2.31. The van der Waals surface area contributed by atoms with Gasteiger partial charge in [0.1, 0.15) is 12.0 Å². The van der Waals surface area contributed by atoms with Crippen LogP contribution in [0.15, 0.2) is 18.2 Å². The Morgan fingerprint density at radius 3 is 2.85 bits per heavy atom. The van der Waals surface area contributed by atoms with Gasteiger partial charge in [-0.1, -0.05) is 19.1 Å². The van der Waals surface area contributed by atoms with Gasteiger partial charge in [-0.25, -0.2) is 0 Å². The number of ether oxygens (including phenoxy) is 1. The van der Waals surface area contributed by atoms with Crippen molar-refractivity contribution < 1.29 is 9.53 Å². The number of hydrogen-bond acceptors (Lipinski definition) is 2. The first-order valence-electron chi connectivity index (χ1n) is 4.47. The Balaban J connectivity index is 2.87. The van der Waals surface area contributed by atoms with E-state index in [1.165, 1.54) is 0 Å². The summed E-state index contributed by atoms with van der Waals surface area (Å²) in [5.74, 6) is 0.812. The maximum Gasteiger partial charge on any atom is 0.150 e. The minimum atomic E-state index is 0.698. The van der Waals surface area contributed by atoms with Crippen LogP contribution in [0.1, 0.15) is 29.3 Å². The van der Waals surface area contributed by atoms with E-state index in [0.29, 0.717) is 12.2 Å². The van der Waals surface area contributed by atoms with Gasteiger partial charge in [0.25, 0.3) is 0 Å². The highest BCUT2D eigenvalue weighted by Crippen LogP contribution is 2.19. The summed E-state index contributed by atoms with van der Waals surface area (Å²) in [6.07, 6.45) is 1.83. The van der Waals surface area contributed by atoms with Crippen LogP contribution in [0, 0.1) is 6.92 Å². The van der Waals surface area contributed by atoms with Gasteiger partial charge in [0.2, 0.25) is 0 Å². The van der Waals surface area contributed by atoms with Crippen molar-refractivity contribution in [3.05, 3.63) is 29.3 Å². The summed E-state index contributed by atoms with van der Waals surface area (Å²) in [6, 6.07) is 5.51. The average molecular weight is 178 g/mol. The van der Waals surface area contributed by atoms with Crippen LogP contribution < -0.4 is 4.74 Å². The number of carbonyl (C=O) groups excluding carboxylic acids is 1. The second-order valence-electron chi connectivity index (χ2n) is 2.94. The van der Waals surface area contributed by atoms with Gasteiger partial charge in [0.15, 0.2) is 0 Å². The molecule has 0 fully saturated rings. The van der Waals surface area contributed by atoms with E-state index in [-0.39, 0.29) is 0 Å². The first kappa shape index (κ1) is 9.78. The summed E-state index contributed by atoms with van der Waals surface area (Å²) in [6.45, 7) is 4.65. The fraction of sp³-hybridized carbons (Fsp3) is 0.364. The molecule has 0 heterocycles. The molecule has 0 unspecified atom stereocenters. The van der Waals surface area contributed by atoms with Gasteiger partial charge >= 0.3 is 0 Å². The maximum atomic E-state index is 10.6. The lowest BCUT2D eigenvalue weighted by atomic mass is 10.1. The second-order valence-corrected chi connectivity index (χ2v) is 2.94. The SMILES string of the molecule is CCCOc1cccc(C=O)c1C. The Labute approximate surface area is 78.5 Å². The second kappa shape index (κ2) is 4.65. The van der Waals surface area contributed by atoms with Crippen LogP contribution in [-0.2, 0) is 0 Å². The molecule has 0 spiro atoms. The molecule has 0 amide bonds. The van der Waals surface area contributed by atoms with Crippen LogP contribution in [0.5, 0.6) is 5.75 Å². The van der Waals surface area contributed by atoms with Crippen LogP contribution in [-0.4, -0.2) is 12.9 Å². The topological polar surface area (TPSA) is 26.3 Å². The lowest BCUT2D eigenvalue weighted by Gasteiger charge is -2.08. The van der Waals surface area contributed by atoms with Crippen molar-refractivity contribution in [3.63, 3.8) is 0 Å². The van der Waals surface area contributed by atoms with Crippen molar-refractivity contribution in [2.75, 3.05) is 6.61 Å². The Kier molecular flexibility index (Phi) is 3.50. The van der Waals surface area contributed by atoms with Gasteiger partial charge in [-0.2, -0.15) is 0 Å². The fourth-order valence-electron chi connectivity index (χ4n) is 1.13. The zero-order valence-electron chi connectivity index (χ0n) is 8.04. The highest BCUT2D eigenvalue weighted by molar-refractivity contribution is 5.78. The van der Waals surface area contributed by atoms with E-state index in [9.17, 15) is 4.79 Å². The highest BCUT2D eigenvalue weighted by atomic mass is 16.5. The van der Waals surface area contributed by atoms with Gasteiger partial charge in [0.05, 0.1) is 6.61 Å². The standard InChI is InChI=1S/C11H14O2/c1-3-7-13-11-6-4-5-10(8-12)9(11)2/h4-6,8H,3,7H2,1-2H3. The van der Waals surface area contributed by atoms with Crippen LogP contribution in [0.25, 0.3) is 0 Å². The molecule has 0 radical (unpaired) electrons. The van der Waals surface area contributed by atoms with E-state index in [1.54, 1.807) is 6.07 Å². The molecule has 0 saturated carbocycles. The molecule has 0 aliphatic carbocycles. The smallest absolute Gasteiger partial charge is 0.150 e. The van der Waals surface area contributed by atoms with Crippen LogP contribution in [0.2, 0.25) is 0 Å². The number of benzene rings is 1. The lowest BCUT2D eigenvalue weighted by Crippen LogP contribution is -1.98. The summed E-state index contributed by atoms with van der Waals surface area (Å²) in [5.41, 5.74) is 1.62. The van der Waals surface area contributed by atoms with Crippen molar-refractivity contribution in [1.29, 1.82) is 0 Å². The van der Waals surface area contributed by atoms with Crippen molar-refractivity contribution in [1.82, 2.24) is 0 Å². The van der Waals surface area contributed by atoms with Gasteiger partial charge < -0.3 is 4.74 Å². The molecule has 0 aromatic heterocycles. The summed E-state index contributed by atoms with van der Waals surface area (Å²) >= 11 is 0. The first-order chi connectivity index (χ1) is 6.29. The van der Waals surface area contributed by atoms with Gasteiger partial charge in [-0.3, -0.25) is 4.79 Å². The molecule has 2 nitrogen and oxygen atoms in total. The van der Waals surface area contributed by atoms with E-state index in [0.717, 1.165) is 24.0 Å². The molecule has 0 saturated heterocycles. The fourth-order valence-corrected chi connectivity index (χ4v) is 1.13. The third-order valence-electron chi connectivity index (χ3n) is 1.91. The molecule has 1 aromatic carbocycles. The Hall–Kier alpha value is -1.31. The molecule has 0 atom stereocenters. The predicted molar refractivity (Wildman–Crippen MR) is 52.4 cm³/mol. The normalized spacial score (nSPS) is 9.69. The predicted octanol–water partition coefficient (Wildman–Crippen LogP) is 2.60. The van der Waals surface area contributed by atoms with E-state index < -0.39 is 0 Å². The summed E-state index contributed by atoms with van der Waals surface area (Å²) in [7, 11) is 0. The molecule has 1 rings (SSSR count). The van der Waals surface area contributed by atoms with Crippen LogP contribution in [0.4, 0.5) is 0 Å². The van der Waals surface area contributed by atoms with E-state index in [4.69, 9.17) is 4.74 Å². The van der Waals surface area contributed by atoms with Crippen molar-refractivity contribution >= 4 is 6.29 Å². The number of carbonyl (C=O) groups is 1. The van der Waals surface area contributed by atoms with Gasteiger partial charge in [-0.15, -0.1) is 0 Å². The largest absolute Gasteiger partial charge is 0.493 e. The molecule has 70 valence electrons. The summed E-state index contributed by atoms with van der Waals surface area (Å²) in [4.78, 5) is 10.6. The number of rotatable bonds is 4. The summed E-state index contributed by atoms with van der Waals surface area (Å²) in [5, 5.41) is 0. The van der Waals surface area contributed by atoms with Crippen molar-refractivity contribution in [2.45, 2.75) is 20.3 Å². The lowest BCUT2D eigenvalue weighted by molar-refractivity contribution is 0.112. The van der Waals surface area contributed by atoms with E-state index in [2.05, 4.69) is 6.92 Å². The maximum absolute atomic E-state index is 10.6. The molecule has 0 N–H and O–H groups in total. The Bertz CT molecular complexity index is 292. The third-order valence-corrected chi connectivity index (χ3v) is 1.91. The highest BCUT2D eigenvalue weighted by Gasteiger charge is 2.02. The Morgan fingerprint density at radius 1 is 1.46 bits per heavy atom. The zero-order valence-corrected chi connectivity index (χ0v) is 8.04. The van der Waals surface area contributed by atoms with Gasteiger partial charge in [0, 0.05) is 11.1 Å². The quantitative estimate of drug-likeness (QED) is 0.662. The average Bonchev–Trinajstić information content (AvgIpc) is 2.16. The van der Waals surface area contributed by atoms with Gasteiger partial charge in [-0.05, 0) is 19.4 Å². The van der Waals surface area contributed by atoms with Crippen LogP contribution in [0.3, 0.4) is 0 Å². The first-order valence-corrected chi connectivity index (χ1v) is 4.47.